The molecule has 0 saturated carbocycles. The Morgan fingerprint density at radius 3 is 2.00 bits per heavy atom. The SMILES string of the molecule is Cc1ccc(S(=O)(=O)N(CC2CO2)CC2CO2)cc1. The summed E-state index contributed by atoms with van der Waals surface area (Å²) >= 11 is 0. The van der Waals surface area contributed by atoms with Crippen molar-refractivity contribution in [1.82, 2.24) is 4.31 Å². The lowest BCUT2D eigenvalue weighted by atomic mass is 10.2. The molecular formula is C13H17NO4S. The molecule has 104 valence electrons. The minimum absolute atomic E-state index is 0.0407. The molecule has 2 aliphatic heterocycles. The van der Waals surface area contributed by atoms with Crippen LogP contribution in [0.2, 0.25) is 0 Å². The van der Waals surface area contributed by atoms with Gasteiger partial charge in [0, 0.05) is 13.1 Å². The topological polar surface area (TPSA) is 62.4 Å². The van der Waals surface area contributed by atoms with Crippen molar-refractivity contribution in [2.45, 2.75) is 24.0 Å². The zero-order valence-corrected chi connectivity index (χ0v) is 11.6. The molecule has 2 heterocycles. The number of ether oxygens (including phenoxy) is 2. The van der Waals surface area contributed by atoms with Crippen LogP contribution in [-0.2, 0) is 19.5 Å². The first-order chi connectivity index (χ1) is 9.05. The van der Waals surface area contributed by atoms with Crippen LogP contribution in [0.15, 0.2) is 29.2 Å². The van der Waals surface area contributed by atoms with E-state index in [-0.39, 0.29) is 12.2 Å². The summed E-state index contributed by atoms with van der Waals surface area (Å²) in [6.07, 6.45) is 0.0814. The second-order valence-corrected chi connectivity index (χ2v) is 6.98. The molecule has 5 nitrogen and oxygen atoms in total. The maximum Gasteiger partial charge on any atom is 0.243 e. The molecule has 2 unspecified atom stereocenters. The molecule has 2 saturated heterocycles. The lowest BCUT2D eigenvalue weighted by Gasteiger charge is -2.20. The van der Waals surface area contributed by atoms with Crippen molar-refractivity contribution in [3.8, 4) is 0 Å². The molecule has 2 fully saturated rings. The highest BCUT2D eigenvalue weighted by Gasteiger charge is 2.36. The Balaban J connectivity index is 1.82. The molecule has 0 radical (unpaired) electrons. The van der Waals surface area contributed by atoms with Crippen LogP contribution in [0.3, 0.4) is 0 Å². The number of aryl methyl sites for hydroxylation is 1. The van der Waals surface area contributed by atoms with Crippen LogP contribution in [-0.4, -0.2) is 51.2 Å². The summed E-state index contributed by atoms with van der Waals surface area (Å²) in [5, 5.41) is 0. The van der Waals surface area contributed by atoms with E-state index >= 15 is 0 Å². The highest BCUT2D eigenvalue weighted by Crippen LogP contribution is 2.23. The number of hydrogen-bond acceptors (Lipinski definition) is 4. The second-order valence-electron chi connectivity index (χ2n) is 5.05. The number of rotatable bonds is 6. The number of epoxide rings is 2. The first kappa shape index (κ1) is 13.1. The van der Waals surface area contributed by atoms with Gasteiger partial charge < -0.3 is 9.47 Å². The molecule has 2 aliphatic rings. The van der Waals surface area contributed by atoms with Crippen LogP contribution < -0.4 is 0 Å². The minimum atomic E-state index is -3.45. The zero-order chi connectivity index (χ0) is 13.5. The van der Waals surface area contributed by atoms with Crippen LogP contribution in [0.4, 0.5) is 0 Å². The van der Waals surface area contributed by atoms with Crippen molar-refractivity contribution >= 4 is 10.0 Å². The molecule has 0 amide bonds. The molecular weight excluding hydrogens is 266 g/mol. The van der Waals surface area contributed by atoms with E-state index in [0.29, 0.717) is 31.2 Å². The van der Waals surface area contributed by atoms with E-state index < -0.39 is 10.0 Å². The molecule has 3 rings (SSSR count). The van der Waals surface area contributed by atoms with Crippen molar-refractivity contribution in [2.24, 2.45) is 0 Å². The third kappa shape index (κ3) is 3.14. The van der Waals surface area contributed by atoms with Gasteiger partial charge in [0.25, 0.3) is 0 Å². The van der Waals surface area contributed by atoms with E-state index in [2.05, 4.69) is 0 Å². The number of nitrogens with zero attached hydrogens (tertiary/aromatic N) is 1. The van der Waals surface area contributed by atoms with Gasteiger partial charge in [0.05, 0.1) is 30.3 Å². The molecule has 19 heavy (non-hydrogen) atoms. The predicted molar refractivity (Wildman–Crippen MR) is 69.4 cm³/mol. The van der Waals surface area contributed by atoms with Gasteiger partial charge in [-0.2, -0.15) is 4.31 Å². The van der Waals surface area contributed by atoms with Crippen LogP contribution in [0.25, 0.3) is 0 Å². The number of hydrogen-bond donors (Lipinski definition) is 0. The molecule has 2 atom stereocenters. The van der Waals surface area contributed by atoms with Crippen molar-refractivity contribution in [3.63, 3.8) is 0 Å². The van der Waals surface area contributed by atoms with Gasteiger partial charge in [-0.1, -0.05) is 17.7 Å². The number of sulfonamides is 1. The van der Waals surface area contributed by atoms with E-state index in [9.17, 15) is 8.42 Å². The second kappa shape index (κ2) is 4.86. The molecule has 0 spiro atoms. The highest BCUT2D eigenvalue weighted by atomic mass is 32.2. The summed E-state index contributed by atoms with van der Waals surface area (Å²) in [5.41, 5.74) is 1.04. The molecule has 0 bridgehead atoms. The van der Waals surface area contributed by atoms with Gasteiger partial charge in [-0.05, 0) is 19.1 Å². The summed E-state index contributed by atoms with van der Waals surface area (Å²) in [5.74, 6) is 0. The highest BCUT2D eigenvalue weighted by molar-refractivity contribution is 7.89. The lowest BCUT2D eigenvalue weighted by Crippen LogP contribution is -2.37. The van der Waals surface area contributed by atoms with Gasteiger partial charge in [0.2, 0.25) is 10.0 Å². The van der Waals surface area contributed by atoms with Crippen molar-refractivity contribution < 1.29 is 17.9 Å². The van der Waals surface area contributed by atoms with Crippen molar-refractivity contribution in [2.75, 3.05) is 26.3 Å². The average Bonchev–Trinajstić information content (AvgIpc) is 3.23. The van der Waals surface area contributed by atoms with E-state index in [1.807, 2.05) is 19.1 Å². The first-order valence-corrected chi connectivity index (χ1v) is 7.80. The predicted octanol–water partition coefficient (Wildman–Crippen LogP) is 0.783. The van der Waals surface area contributed by atoms with Gasteiger partial charge in [-0.15, -0.1) is 0 Å². The molecule has 6 heteroatoms. The summed E-state index contributed by atoms with van der Waals surface area (Å²) in [6.45, 7) is 4.05. The quantitative estimate of drug-likeness (QED) is 0.724. The van der Waals surface area contributed by atoms with E-state index in [1.165, 1.54) is 4.31 Å². The monoisotopic (exact) mass is 283 g/mol. The lowest BCUT2D eigenvalue weighted by molar-refractivity contribution is 0.304. The fourth-order valence-corrected chi connectivity index (χ4v) is 3.43. The van der Waals surface area contributed by atoms with E-state index in [4.69, 9.17) is 9.47 Å². The van der Waals surface area contributed by atoms with E-state index in [0.717, 1.165) is 5.56 Å². The summed E-state index contributed by atoms with van der Waals surface area (Å²) in [7, 11) is -3.45. The largest absolute Gasteiger partial charge is 0.372 e. The summed E-state index contributed by atoms with van der Waals surface area (Å²) in [4.78, 5) is 0.333. The van der Waals surface area contributed by atoms with Gasteiger partial charge >= 0.3 is 0 Å². The standard InChI is InChI=1S/C13H17NO4S/c1-10-2-4-13(5-3-10)19(15,16)14(6-11-8-17-11)7-12-9-18-12/h2-5,11-12H,6-9H2,1H3. The maximum atomic E-state index is 12.6. The van der Waals surface area contributed by atoms with Crippen LogP contribution in [0.5, 0.6) is 0 Å². The first-order valence-electron chi connectivity index (χ1n) is 6.36. The van der Waals surface area contributed by atoms with Gasteiger partial charge in [-0.3, -0.25) is 0 Å². The average molecular weight is 283 g/mol. The van der Waals surface area contributed by atoms with Gasteiger partial charge in [0.15, 0.2) is 0 Å². The molecule has 0 aliphatic carbocycles. The molecule has 0 N–H and O–H groups in total. The van der Waals surface area contributed by atoms with Crippen molar-refractivity contribution in [3.05, 3.63) is 29.8 Å². The zero-order valence-electron chi connectivity index (χ0n) is 10.8. The Kier molecular flexibility index (Phi) is 3.34. The fraction of sp³-hybridized carbons (Fsp3) is 0.538. The van der Waals surface area contributed by atoms with Crippen LogP contribution >= 0.6 is 0 Å². The van der Waals surface area contributed by atoms with Crippen LogP contribution in [0, 0.1) is 6.92 Å². The van der Waals surface area contributed by atoms with Crippen LogP contribution in [0.1, 0.15) is 5.56 Å². The van der Waals surface area contributed by atoms with E-state index in [1.54, 1.807) is 12.1 Å². The molecule has 1 aromatic rings. The van der Waals surface area contributed by atoms with Gasteiger partial charge in [0.1, 0.15) is 0 Å². The Morgan fingerprint density at radius 2 is 1.58 bits per heavy atom. The third-order valence-electron chi connectivity index (χ3n) is 3.28. The minimum Gasteiger partial charge on any atom is -0.372 e. The summed E-state index contributed by atoms with van der Waals surface area (Å²) in [6, 6.07) is 6.93. The van der Waals surface area contributed by atoms with Gasteiger partial charge in [-0.25, -0.2) is 8.42 Å². The molecule has 1 aromatic carbocycles. The Labute approximate surface area is 113 Å². The van der Waals surface area contributed by atoms with Crippen molar-refractivity contribution in [1.29, 1.82) is 0 Å². The Hall–Kier alpha value is -0.950. The Bertz CT molecular complexity index is 533. The molecule has 0 aromatic heterocycles. The smallest absolute Gasteiger partial charge is 0.243 e. The summed E-state index contributed by atoms with van der Waals surface area (Å²) < 4.78 is 36.9. The Morgan fingerprint density at radius 1 is 1.11 bits per heavy atom. The number of benzene rings is 1. The fourth-order valence-electron chi connectivity index (χ4n) is 1.93. The normalized spacial score (nSPS) is 25.6. The maximum absolute atomic E-state index is 12.6. The third-order valence-corrected chi connectivity index (χ3v) is 5.12.